The van der Waals surface area contributed by atoms with Gasteiger partial charge in [0.2, 0.25) is 0 Å². The summed E-state index contributed by atoms with van der Waals surface area (Å²) in [5, 5.41) is 8.45. The fourth-order valence-electron chi connectivity index (χ4n) is 0.254. The summed E-state index contributed by atoms with van der Waals surface area (Å²) in [7, 11) is 0. The van der Waals surface area contributed by atoms with Gasteiger partial charge in [-0.3, -0.25) is 0 Å². The summed E-state index contributed by atoms with van der Waals surface area (Å²) in [4.78, 5) is 6.84. The van der Waals surface area contributed by atoms with Crippen LogP contribution in [-0.4, -0.2) is 15.1 Å². The van der Waals surface area contributed by atoms with Crippen molar-refractivity contribution in [2.45, 2.75) is 0 Å². The molecule has 0 bridgehead atoms. The van der Waals surface area contributed by atoms with E-state index in [1.54, 1.807) is 0 Å². The van der Waals surface area contributed by atoms with Crippen molar-refractivity contribution in [2.24, 2.45) is 0 Å². The minimum atomic E-state index is -0.0463. The predicted octanol–water partition coefficient (Wildman–Crippen LogP) is -0.0201. The molecule has 0 amide bonds. The van der Waals surface area contributed by atoms with Crippen molar-refractivity contribution >= 4 is 0 Å². The van der Waals surface area contributed by atoms with Crippen LogP contribution in [0.2, 0.25) is 0 Å². The molecule has 0 aromatic carbocycles. The second kappa shape index (κ2) is 3.50. The number of nitrogens with zero attached hydrogens (tertiary/aromatic N) is 2. The van der Waals surface area contributed by atoms with Gasteiger partial charge in [-0.1, -0.05) is 12.3 Å². The van der Waals surface area contributed by atoms with Gasteiger partial charge in [-0.15, -0.1) is 0 Å². The van der Waals surface area contributed by atoms with Crippen molar-refractivity contribution < 1.29 is 24.6 Å². The fourth-order valence-corrected chi connectivity index (χ4v) is 0.254. The molecule has 0 unspecified atom stereocenters. The van der Waals surface area contributed by atoms with E-state index in [9.17, 15) is 0 Å². The van der Waals surface area contributed by atoms with E-state index < -0.39 is 0 Å². The molecule has 1 aromatic heterocycles. The molecule has 0 atom stereocenters. The number of hydrogen-bond donors (Lipinski definition) is 1. The minimum absolute atomic E-state index is 0. The molecule has 3 nitrogen and oxygen atoms in total. The molecule has 0 saturated heterocycles. The molecule has 0 radical (unpaired) electrons. The van der Waals surface area contributed by atoms with E-state index in [4.69, 9.17) is 5.11 Å². The molecule has 38 valence electrons. The van der Waals surface area contributed by atoms with Crippen LogP contribution < -0.4 is 0 Å². The van der Waals surface area contributed by atoms with E-state index in [0.717, 1.165) is 0 Å². The first-order chi connectivity index (χ1) is 3.39. The molecule has 1 rings (SSSR count). The van der Waals surface area contributed by atoms with Crippen LogP contribution in [0.1, 0.15) is 0 Å². The Kier molecular flexibility index (Phi) is 3.28. The Morgan fingerprint density at radius 1 is 1.62 bits per heavy atom. The Balaban J connectivity index is 0.000000490. The molecule has 0 aliphatic heterocycles. The number of aromatic nitrogens is 2. The fraction of sp³-hybridized carbons (Fsp3) is 0. The first-order valence-corrected chi connectivity index (χ1v) is 1.76. The zero-order valence-electron chi connectivity index (χ0n) is 4.20. The maximum absolute atomic E-state index is 8.45. The van der Waals surface area contributed by atoms with Crippen LogP contribution in [0.4, 0.5) is 0 Å². The van der Waals surface area contributed by atoms with Crippen molar-refractivity contribution in [1.29, 1.82) is 0 Å². The van der Waals surface area contributed by atoms with Crippen molar-refractivity contribution in [3.8, 4) is 5.88 Å². The molecular formula is C4H3N2OZn-. The Hall–Kier alpha value is -0.497. The van der Waals surface area contributed by atoms with Gasteiger partial charge < -0.3 is 15.1 Å². The first kappa shape index (κ1) is 7.50. The molecule has 4 heteroatoms. The molecule has 0 saturated carbocycles. The van der Waals surface area contributed by atoms with Gasteiger partial charge in [0.05, 0.1) is 5.88 Å². The zero-order chi connectivity index (χ0) is 5.11. The molecule has 1 aromatic rings. The minimum Gasteiger partial charge on any atom is -0.550 e. The zero-order valence-corrected chi connectivity index (χ0v) is 7.17. The van der Waals surface area contributed by atoms with Crippen LogP contribution in [0.5, 0.6) is 5.88 Å². The second-order valence-electron chi connectivity index (χ2n) is 1.01. The van der Waals surface area contributed by atoms with Gasteiger partial charge in [0, 0.05) is 25.8 Å². The van der Waals surface area contributed by atoms with Gasteiger partial charge in [0.25, 0.3) is 0 Å². The van der Waals surface area contributed by atoms with Crippen molar-refractivity contribution in [1.82, 2.24) is 9.97 Å². The first-order valence-electron chi connectivity index (χ1n) is 1.76. The van der Waals surface area contributed by atoms with E-state index in [0.29, 0.717) is 0 Å². The van der Waals surface area contributed by atoms with E-state index in [1.165, 1.54) is 12.4 Å². The molecule has 0 aliphatic carbocycles. The molecule has 1 N–H and O–H groups in total. The maximum atomic E-state index is 8.45. The number of aromatic hydroxyl groups is 1. The summed E-state index contributed by atoms with van der Waals surface area (Å²) in [6.45, 7) is 0. The third-order valence-electron chi connectivity index (χ3n) is 0.516. The van der Waals surface area contributed by atoms with Crippen LogP contribution in [0.15, 0.2) is 12.4 Å². The quantitative estimate of drug-likeness (QED) is 0.429. The standard InChI is InChI=1S/C4H3N2O.Zn/c7-4-1-2-5-3-6-4;/h1,3H,(H,5,6,7);/q-1;. The summed E-state index contributed by atoms with van der Waals surface area (Å²) in [5.41, 5.74) is 0. The van der Waals surface area contributed by atoms with Gasteiger partial charge in [-0.2, -0.15) is 0 Å². The van der Waals surface area contributed by atoms with Crippen LogP contribution in [0.3, 0.4) is 0 Å². The number of rotatable bonds is 0. The van der Waals surface area contributed by atoms with Crippen LogP contribution in [0.25, 0.3) is 0 Å². The van der Waals surface area contributed by atoms with Crippen LogP contribution in [-0.2, 0) is 19.5 Å². The average molecular weight is 160 g/mol. The Bertz CT molecular complexity index is 144. The maximum Gasteiger partial charge on any atom is 0.0969 e. The largest absolute Gasteiger partial charge is 0.550 e. The van der Waals surface area contributed by atoms with Crippen LogP contribution >= 0.6 is 0 Å². The normalized spacial score (nSPS) is 7.50. The molecular weight excluding hydrogens is 157 g/mol. The smallest absolute Gasteiger partial charge is 0.0969 e. The molecule has 0 spiro atoms. The molecule has 8 heavy (non-hydrogen) atoms. The van der Waals surface area contributed by atoms with Gasteiger partial charge in [0.1, 0.15) is 0 Å². The predicted molar refractivity (Wildman–Crippen MR) is 22.5 cm³/mol. The van der Waals surface area contributed by atoms with Crippen molar-refractivity contribution in [3.63, 3.8) is 0 Å². The Labute approximate surface area is 59.5 Å². The summed E-state index contributed by atoms with van der Waals surface area (Å²) in [6.07, 6.45) is 3.63. The van der Waals surface area contributed by atoms with Gasteiger partial charge in [0.15, 0.2) is 0 Å². The average Bonchev–Trinajstić information content (AvgIpc) is 1.69. The molecule has 1 heterocycles. The molecule has 0 aliphatic rings. The van der Waals surface area contributed by atoms with Crippen molar-refractivity contribution in [2.75, 3.05) is 0 Å². The van der Waals surface area contributed by atoms with Gasteiger partial charge >= 0.3 is 0 Å². The van der Waals surface area contributed by atoms with E-state index in [2.05, 4.69) is 16.2 Å². The second-order valence-corrected chi connectivity index (χ2v) is 1.01. The van der Waals surface area contributed by atoms with Crippen LogP contribution in [0, 0.1) is 6.20 Å². The topological polar surface area (TPSA) is 46.0 Å². The Morgan fingerprint density at radius 3 is 2.62 bits per heavy atom. The third kappa shape index (κ3) is 1.98. The summed E-state index contributed by atoms with van der Waals surface area (Å²) >= 11 is 0. The van der Waals surface area contributed by atoms with Gasteiger partial charge in [-0.05, 0) is 0 Å². The van der Waals surface area contributed by atoms with E-state index in [-0.39, 0.29) is 25.4 Å². The summed E-state index contributed by atoms with van der Waals surface area (Å²) in [6, 6.07) is 1.29. The monoisotopic (exact) mass is 159 g/mol. The third-order valence-corrected chi connectivity index (χ3v) is 0.516. The van der Waals surface area contributed by atoms with E-state index in [1.807, 2.05) is 0 Å². The molecule has 0 fully saturated rings. The summed E-state index contributed by atoms with van der Waals surface area (Å²) in [5.74, 6) is -0.0463. The summed E-state index contributed by atoms with van der Waals surface area (Å²) < 4.78 is 0. The van der Waals surface area contributed by atoms with Crippen molar-refractivity contribution in [3.05, 3.63) is 18.6 Å². The SMILES string of the molecule is Oc1c[c-]ncn1.[Zn]. The van der Waals surface area contributed by atoms with E-state index >= 15 is 0 Å². The number of hydrogen-bond acceptors (Lipinski definition) is 3. The van der Waals surface area contributed by atoms with Gasteiger partial charge in [-0.25, -0.2) is 0 Å². The Morgan fingerprint density at radius 2 is 2.38 bits per heavy atom.